The van der Waals surface area contributed by atoms with E-state index in [1.807, 2.05) is 0 Å². The van der Waals surface area contributed by atoms with Crippen LogP contribution >= 0.6 is 15.9 Å². The molecule has 0 bridgehead atoms. The Balaban J connectivity index is 1.65. The topological polar surface area (TPSA) is 15.3 Å². The normalized spacial score (nSPS) is 17.8. The highest BCUT2D eigenvalue weighted by Gasteiger charge is 2.20. The fraction of sp³-hybridized carbons (Fsp3) is 0.333. The minimum absolute atomic E-state index is 0.579. The fourth-order valence-electron chi connectivity index (χ4n) is 3.09. The molecule has 2 aromatic carbocycles. The van der Waals surface area contributed by atoms with Gasteiger partial charge in [-0.05, 0) is 35.9 Å². The van der Waals surface area contributed by atoms with Gasteiger partial charge in [-0.1, -0.05) is 52.3 Å². The maximum Gasteiger partial charge on any atom is 0.0230 e. The molecule has 0 spiro atoms. The Morgan fingerprint density at radius 2 is 1.90 bits per heavy atom. The van der Waals surface area contributed by atoms with Crippen LogP contribution in [-0.4, -0.2) is 25.0 Å². The third kappa shape index (κ3) is 3.73. The number of halogens is 1. The summed E-state index contributed by atoms with van der Waals surface area (Å²) in [5.41, 5.74) is 4.32. The Labute approximate surface area is 135 Å². The predicted octanol–water partition coefficient (Wildman–Crippen LogP) is 3.77. The SMILES string of the molecule is CN(Cc1ccc(Br)cc1)CC1CNCc2ccccc21. The average Bonchev–Trinajstić information content (AvgIpc) is 2.50. The predicted molar refractivity (Wildman–Crippen MR) is 91.4 cm³/mol. The Morgan fingerprint density at radius 1 is 1.14 bits per heavy atom. The molecular weight excluding hydrogens is 324 g/mol. The number of benzene rings is 2. The first-order chi connectivity index (χ1) is 10.2. The molecule has 3 rings (SSSR count). The van der Waals surface area contributed by atoms with Crippen molar-refractivity contribution in [1.82, 2.24) is 10.2 Å². The second kappa shape index (κ2) is 6.73. The lowest BCUT2D eigenvalue weighted by molar-refractivity contribution is 0.293. The van der Waals surface area contributed by atoms with E-state index in [2.05, 4.69) is 81.7 Å². The maximum atomic E-state index is 3.53. The highest BCUT2D eigenvalue weighted by atomic mass is 79.9. The van der Waals surface area contributed by atoms with E-state index in [0.29, 0.717) is 5.92 Å². The zero-order chi connectivity index (χ0) is 14.7. The summed E-state index contributed by atoms with van der Waals surface area (Å²) >= 11 is 3.49. The summed E-state index contributed by atoms with van der Waals surface area (Å²) in [7, 11) is 2.21. The second-order valence-corrected chi connectivity index (χ2v) is 6.77. The van der Waals surface area contributed by atoms with Crippen molar-refractivity contribution in [3.8, 4) is 0 Å². The molecule has 0 fully saturated rings. The van der Waals surface area contributed by atoms with Crippen LogP contribution in [0, 0.1) is 0 Å². The molecule has 0 saturated carbocycles. The van der Waals surface area contributed by atoms with Crippen LogP contribution in [0.5, 0.6) is 0 Å². The Bertz CT molecular complexity index is 594. The van der Waals surface area contributed by atoms with Gasteiger partial charge in [-0.15, -0.1) is 0 Å². The Kier molecular flexibility index (Phi) is 4.73. The van der Waals surface area contributed by atoms with Crippen molar-refractivity contribution in [2.45, 2.75) is 19.0 Å². The van der Waals surface area contributed by atoms with Crippen LogP contribution in [0.15, 0.2) is 53.0 Å². The minimum atomic E-state index is 0.579. The summed E-state index contributed by atoms with van der Waals surface area (Å²) in [6.45, 7) is 4.15. The van der Waals surface area contributed by atoms with Gasteiger partial charge < -0.3 is 10.2 Å². The van der Waals surface area contributed by atoms with Crippen LogP contribution < -0.4 is 5.32 Å². The van der Waals surface area contributed by atoms with Gasteiger partial charge in [0.15, 0.2) is 0 Å². The molecule has 1 N–H and O–H groups in total. The minimum Gasteiger partial charge on any atom is -0.312 e. The van der Waals surface area contributed by atoms with E-state index in [1.165, 1.54) is 16.7 Å². The van der Waals surface area contributed by atoms with Crippen molar-refractivity contribution < 1.29 is 0 Å². The fourth-order valence-corrected chi connectivity index (χ4v) is 3.35. The van der Waals surface area contributed by atoms with E-state index in [4.69, 9.17) is 0 Å². The van der Waals surface area contributed by atoms with E-state index in [9.17, 15) is 0 Å². The monoisotopic (exact) mass is 344 g/mol. The molecule has 0 radical (unpaired) electrons. The van der Waals surface area contributed by atoms with E-state index < -0.39 is 0 Å². The quantitative estimate of drug-likeness (QED) is 0.908. The molecule has 1 unspecified atom stereocenters. The molecule has 0 saturated heterocycles. The number of rotatable bonds is 4. The first-order valence-electron chi connectivity index (χ1n) is 7.44. The average molecular weight is 345 g/mol. The van der Waals surface area contributed by atoms with Crippen molar-refractivity contribution in [2.75, 3.05) is 20.1 Å². The van der Waals surface area contributed by atoms with Crippen LogP contribution in [0.3, 0.4) is 0 Å². The van der Waals surface area contributed by atoms with Crippen LogP contribution in [0.25, 0.3) is 0 Å². The van der Waals surface area contributed by atoms with Gasteiger partial charge in [0.2, 0.25) is 0 Å². The van der Waals surface area contributed by atoms with Crippen molar-refractivity contribution >= 4 is 15.9 Å². The van der Waals surface area contributed by atoms with E-state index >= 15 is 0 Å². The molecule has 21 heavy (non-hydrogen) atoms. The van der Waals surface area contributed by atoms with Crippen LogP contribution in [0.1, 0.15) is 22.6 Å². The van der Waals surface area contributed by atoms with Gasteiger partial charge in [-0.2, -0.15) is 0 Å². The number of hydrogen-bond donors (Lipinski definition) is 1. The van der Waals surface area contributed by atoms with Crippen LogP contribution in [0.2, 0.25) is 0 Å². The summed E-state index contributed by atoms with van der Waals surface area (Å²) in [6.07, 6.45) is 0. The molecule has 0 aliphatic carbocycles. The molecular formula is C18H21BrN2. The molecule has 3 heteroatoms. The summed E-state index contributed by atoms with van der Waals surface area (Å²) in [5, 5.41) is 3.53. The lowest BCUT2D eigenvalue weighted by Crippen LogP contribution is -2.35. The summed E-state index contributed by atoms with van der Waals surface area (Å²) in [5.74, 6) is 0.579. The highest BCUT2D eigenvalue weighted by molar-refractivity contribution is 9.10. The molecule has 2 nitrogen and oxygen atoms in total. The van der Waals surface area contributed by atoms with E-state index in [-0.39, 0.29) is 0 Å². The molecule has 1 aliphatic heterocycles. The summed E-state index contributed by atoms with van der Waals surface area (Å²) in [4.78, 5) is 2.41. The van der Waals surface area contributed by atoms with Crippen molar-refractivity contribution in [2.24, 2.45) is 0 Å². The smallest absolute Gasteiger partial charge is 0.0230 e. The molecule has 0 aromatic heterocycles. The van der Waals surface area contributed by atoms with Crippen molar-refractivity contribution in [3.05, 3.63) is 69.7 Å². The number of nitrogens with one attached hydrogen (secondary N) is 1. The Hall–Kier alpha value is -1.16. The van der Waals surface area contributed by atoms with E-state index in [1.54, 1.807) is 0 Å². The maximum absolute atomic E-state index is 3.53. The van der Waals surface area contributed by atoms with Crippen LogP contribution in [0.4, 0.5) is 0 Å². The molecule has 110 valence electrons. The van der Waals surface area contributed by atoms with Gasteiger partial charge in [0, 0.05) is 36.6 Å². The van der Waals surface area contributed by atoms with Gasteiger partial charge in [0.25, 0.3) is 0 Å². The number of likely N-dealkylation sites (N-methyl/N-ethyl adjacent to an activating group) is 1. The third-order valence-corrected chi connectivity index (χ3v) is 4.63. The number of hydrogen-bond acceptors (Lipinski definition) is 2. The van der Waals surface area contributed by atoms with E-state index in [0.717, 1.165) is 30.7 Å². The van der Waals surface area contributed by atoms with Crippen molar-refractivity contribution in [3.63, 3.8) is 0 Å². The standard InChI is InChI=1S/C18H21BrN2/c1-21(12-14-6-8-17(19)9-7-14)13-16-11-20-10-15-4-2-3-5-18(15)16/h2-9,16,20H,10-13H2,1H3. The third-order valence-electron chi connectivity index (χ3n) is 4.10. The second-order valence-electron chi connectivity index (χ2n) is 5.85. The molecule has 1 heterocycles. The van der Waals surface area contributed by atoms with Gasteiger partial charge in [-0.3, -0.25) is 0 Å². The summed E-state index contributed by atoms with van der Waals surface area (Å²) < 4.78 is 1.14. The Morgan fingerprint density at radius 3 is 2.71 bits per heavy atom. The van der Waals surface area contributed by atoms with Gasteiger partial charge in [-0.25, -0.2) is 0 Å². The van der Waals surface area contributed by atoms with Gasteiger partial charge in [0.05, 0.1) is 0 Å². The zero-order valence-corrected chi connectivity index (χ0v) is 13.9. The van der Waals surface area contributed by atoms with Crippen LogP contribution in [-0.2, 0) is 13.1 Å². The molecule has 0 amide bonds. The first-order valence-corrected chi connectivity index (χ1v) is 8.23. The van der Waals surface area contributed by atoms with Crippen molar-refractivity contribution in [1.29, 1.82) is 0 Å². The number of nitrogens with zero attached hydrogens (tertiary/aromatic N) is 1. The highest BCUT2D eigenvalue weighted by Crippen LogP contribution is 2.24. The molecule has 1 atom stereocenters. The first kappa shape index (κ1) is 14.8. The lowest BCUT2D eigenvalue weighted by atomic mass is 9.90. The summed E-state index contributed by atoms with van der Waals surface area (Å²) in [6, 6.07) is 17.4. The molecule has 1 aliphatic rings. The lowest BCUT2D eigenvalue weighted by Gasteiger charge is -2.30. The zero-order valence-electron chi connectivity index (χ0n) is 12.3. The molecule has 2 aromatic rings. The van der Waals surface area contributed by atoms with Gasteiger partial charge in [0.1, 0.15) is 0 Å². The largest absolute Gasteiger partial charge is 0.312 e. The van der Waals surface area contributed by atoms with Gasteiger partial charge >= 0.3 is 0 Å². The number of fused-ring (bicyclic) bond motifs is 1.